The first-order valence-electron chi connectivity index (χ1n) is 10.0. The van der Waals surface area contributed by atoms with E-state index in [0.717, 1.165) is 43.7 Å². The first kappa shape index (κ1) is 17.6. The van der Waals surface area contributed by atoms with Gasteiger partial charge in [0.05, 0.1) is 17.8 Å². The summed E-state index contributed by atoms with van der Waals surface area (Å²) in [7, 11) is 0. The summed E-state index contributed by atoms with van der Waals surface area (Å²) in [4.78, 5) is 2.48. The summed E-state index contributed by atoms with van der Waals surface area (Å²) in [6.45, 7) is 2.87. The Morgan fingerprint density at radius 1 is 1.04 bits per heavy atom. The maximum atomic E-state index is 10.9. The van der Waals surface area contributed by atoms with Crippen molar-refractivity contribution in [3.05, 3.63) is 83.7 Å². The maximum absolute atomic E-state index is 10.9. The SMILES string of the molecule is N[C@H]1c2ccccc2C2(CCN(Cc3ccc(-n4cccn4)cc3)CC2)[C@@H]1O. The van der Waals surface area contributed by atoms with E-state index in [2.05, 4.69) is 52.5 Å². The molecule has 3 aromatic rings. The van der Waals surface area contributed by atoms with E-state index < -0.39 is 6.10 Å². The third-order valence-electron chi connectivity index (χ3n) is 6.62. The predicted octanol–water partition coefficient (Wildman–Crippen LogP) is 2.78. The molecular weight excluding hydrogens is 348 g/mol. The smallest absolute Gasteiger partial charge is 0.0830 e. The molecule has 5 nitrogen and oxygen atoms in total. The normalized spacial score (nSPS) is 23.8. The van der Waals surface area contributed by atoms with Gasteiger partial charge in [0.15, 0.2) is 0 Å². The summed E-state index contributed by atoms with van der Waals surface area (Å²) in [6.07, 6.45) is 5.16. The molecule has 2 aliphatic rings. The van der Waals surface area contributed by atoms with Gasteiger partial charge in [-0.2, -0.15) is 5.10 Å². The van der Waals surface area contributed by atoms with Crippen molar-refractivity contribution in [1.29, 1.82) is 0 Å². The first-order valence-corrected chi connectivity index (χ1v) is 10.0. The van der Waals surface area contributed by atoms with Crippen molar-refractivity contribution in [2.24, 2.45) is 5.73 Å². The van der Waals surface area contributed by atoms with Gasteiger partial charge in [-0.25, -0.2) is 4.68 Å². The van der Waals surface area contributed by atoms with Crippen molar-refractivity contribution < 1.29 is 5.11 Å². The van der Waals surface area contributed by atoms with E-state index in [-0.39, 0.29) is 11.5 Å². The molecule has 3 N–H and O–H groups in total. The minimum absolute atomic E-state index is 0.184. The highest BCUT2D eigenvalue weighted by Crippen LogP contribution is 2.50. The number of aromatic nitrogens is 2. The zero-order chi connectivity index (χ0) is 19.1. The summed E-state index contributed by atoms with van der Waals surface area (Å²) >= 11 is 0. The Kier molecular flexibility index (Phi) is 4.31. The summed E-state index contributed by atoms with van der Waals surface area (Å²) in [5, 5.41) is 15.2. The molecule has 5 heteroatoms. The quantitative estimate of drug-likeness (QED) is 0.740. The van der Waals surface area contributed by atoms with Crippen molar-refractivity contribution in [3.8, 4) is 5.69 Å². The van der Waals surface area contributed by atoms with Crippen molar-refractivity contribution in [1.82, 2.24) is 14.7 Å². The van der Waals surface area contributed by atoms with Crippen LogP contribution >= 0.6 is 0 Å². The lowest BCUT2D eigenvalue weighted by Gasteiger charge is -2.42. The fourth-order valence-corrected chi connectivity index (χ4v) is 5.02. The van der Waals surface area contributed by atoms with Crippen LogP contribution in [0.1, 0.15) is 35.6 Å². The molecule has 2 heterocycles. The number of hydrogen-bond donors (Lipinski definition) is 2. The van der Waals surface area contributed by atoms with Crippen molar-refractivity contribution in [3.63, 3.8) is 0 Å². The monoisotopic (exact) mass is 374 g/mol. The minimum Gasteiger partial charge on any atom is -0.390 e. The van der Waals surface area contributed by atoms with E-state index in [4.69, 9.17) is 5.73 Å². The molecule has 1 fully saturated rings. The first-order chi connectivity index (χ1) is 13.7. The molecule has 28 heavy (non-hydrogen) atoms. The average molecular weight is 374 g/mol. The summed E-state index contributed by atoms with van der Waals surface area (Å²) in [5.74, 6) is 0. The largest absolute Gasteiger partial charge is 0.390 e. The second-order valence-corrected chi connectivity index (χ2v) is 8.11. The second-order valence-electron chi connectivity index (χ2n) is 8.11. The topological polar surface area (TPSA) is 67.3 Å². The number of piperidine rings is 1. The number of benzene rings is 2. The third-order valence-corrected chi connectivity index (χ3v) is 6.62. The van der Waals surface area contributed by atoms with Crippen molar-refractivity contribution in [2.45, 2.75) is 36.9 Å². The standard InChI is InChI=1S/C23H26N4O/c24-21-19-4-1-2-5-20(19)23(22(21)28)10-14-26(15-11-23)16-17-6-8-18(9-7-17)27-13-3-12-25-27/h1-9,12-13,21-22,28H,10-11,14-16,24H2/t21-,22+/m0/s1. The molecule has 1 aromatic heterocycles. The maximum Gasteiger partial charge on any atom is 0.0830 e. The Balaban J connectivity index is 1.28. The highest BCUT2D eigenvalue weighted by molar-refractivity contribution is 5.45. The van der Waals surface area contributed by atoms with Crippen molar-refractivity contribution in [2.75, 3.05) is 13.1 Å². The van der Waals surface area contributed by atoms with E-state index in [1.807, 2.05) is 23.0 Å². The number of fused-ring (bicyclic) bond motifs is 2. The predicted molar refractivity (Wildman–Crippen MR) is 109 cm³/mol. The lowest BCUT2D eigenvalue weighted by Crippen LogP contribution is -2.48. The number of aliphatic hydroxyl groups excluding tert-OH is 1. The van der Waals surface area contributed by atoms with Crippen LogP contribution in [0.15, 0.2) is 67.0 Å². The van der Waals surface area contributed by atoms with Crippen LogP contribution < -0.4 is 5.73 Å². The van der Waals surface area contributed by atoms with Crippen LogP contribution in [0.2, 0.25) is 0 Å². The van der Waals surface area contributed by atoms with Gasteiger partial charge in [-0.3, -0.25) is 4.90 Å². The van der Waals surface area contributed by atoms with E-state index in [9.17, 15) is 5.11 Å². The summed E-state index contributed by atoms with van der Waals surface area (Å²) < 4.78 is 1.87. The molecular formula is C23H26N4O. The van der Waals surface area contributed by atoms with Gasteiger partial charge in [0.25, 0.3) is 0 Å². The van der Waals surface area contributed by atoms with E-state index >= 15 is 0 Å². The number of hydrogen-bond acceptors (Lipinski definition) is 4. The Bertz CT molecular complexity index is 943. The van der Waals surface area contributed by atoms with Gasteiger partial charge < -0.3 is 10.8 Å². The van der Waals surface area contributed by atoms with Gasteiger partial charge in [0.2, 0.25) is 0 Å². The zero-order valence-corrected chi connectivity index (χ0v) is 15.9. The molecule has 0 saturated carbocycles. The molecule has 1 aliphatic carbocycles. The van der Waals surface area contributed by atoms with Gasteiger partial charge in [0, 0.05) is 24.4 Å². The van der Waals surface area contributed by atoms with Gasteiger partial charge in [-0.15, -0.1) is 0 Å². The molecule has 1 spiro atoms. The molecule has 2 atom stereocenters. The van der Waals surface area contributed by atoms with Gasteiger partial charge >= 0.3 is 0 Å². The van der Waals surface area contributed by atoms with E-state index in [0.29, 0.717) is 0 Å². The number of aliphatic hydroxyl groups is 1. The lowest BCUT2D eigenvalue weighted by molar-refractivity contribution is 0.0271. The molecule has 5 rings (SSSR count). The fraction of sp³-hybridized carbons (Fsp3) is 0.348. The molecule has 0 radical (unpaired) electrons. The Morgan fingerprint density at radius 3 is 2.50 bits per heavy atom. The van der Waals surface area contributed by atoms with Crippen LogP contribution in [0, 0.1) is 0 Å². The van der Waals surface area contributed by atoms with E-state index in [1.54, 1.807) is 6.20 Å². The lowest BCUT2D eigenvalue weighted by atomic mass is 9.72. The van der Waals surface area contributed by atoms with Gasteiger partial charge in [0.1, 0.15) is 0 Å². The van der Waals surface area contributed by atoms with Crippen LogP contribution in [0.3, 0.4) is 0 Å². The zero-order valence-electron chi connectivity index (χ0n) is 15.9. The van der Waals surface area contributed by atoms with Crippen LogP contribution in [-0.2, 0) is 12.0 Å². The molecule has 144 valence electrons. The Hall–Kier alpha value is -2.47. The van der Waals surface area contributed by atoms with Crippen molar-refractivity contribution >= 4 is 0 Å². The van der Waals surface area contributed by atoms with Crippen LogP contribution in [0.25, 0.3) is 5.69 Å². The molecule has 0 bridgehead atoms. The summed E-state index contributed by atoms with van der Waals surface area (Å²) in [5.41, 5.74) is 10.9. The van der Waals surface area contributed by atoms with Crippen LogP contribution in [0.4, 0.5) is 0 Å². The highest BCUT2D eigenvalue weighted by Gasteiger charge is 2.51. The molecule has 1 saturated heterocycles. The summed E-state index contributed by atoms with van der Waals surface area (Å²) in [6, 6.07) is 18.6. The average Bonchev–Trinajstić information content (AvgIpc) is 3.34. The third kappa shape index (κ3) is 2.78. The number of nitrogens with zero attached hydrogens (tertiary/aromatic N) is 3. The van der Waals surface area contributed by atoms with Gasteiger partial charge in [-0.1, -0.05) is 36.4 Å². The van der Waals surface area contributed by atoms with Gasteiger partial charge in [-0.05, 0) is 60.8 Å². The van der Waals surface area contributed by atoms with Crippen LogP contribution in [-0.4, -0.2) is 39.0 Å². The number of likely N-dealkylation sites (tertiary alicyclic amines) is 1. The molecule has 0 amide bonds. The van der Waals surface area contributed by atoms with E-state index in [1.165, 1.54) is 11.1 Å². The van der Waals surface area contributed by atoms with Crippen LogP contribution in [0.5, 0.6) is 0 Å². The fourth-order valence-electron chi connectivity index (χ4n) is 5.02. The number of rotatable bonds is 3. The molecule has 2 aromatic carbocycles. The minimum atomic E-state index is -0.486. The second kappa shape index (κ2) is 6.85. The Labute approximate surface area is 165 Å². The molecule has 1 aliphatic heterocycles. The highest BCUT2D eigenvalue weighted by atomic mass is 16.3. The Morgan fingerprint density at radius 2 is 1.79 bits per heavy atom. The molecule has 0 unspecified atom stereocenters. The number of nitrogens with two attached hydrogens (primary N) is 1.